The molecule has 0 aromatic carbocycles. The van der Waals surface area contributed by atoms with Gasteiger partial charge >= 0.3 is 6.80 Å². The monoisotopic (exact) mass is 374 g/mol. The van der Waals surface area contributed by atoms with Crippen LogP contribution in [0.25, 0.3) is 0 Å². The van der Waals surface area contributed by atoms with Crippen molar-refractivity contribution in [1.82, 2.24) is 10.2 Å². The van der Waals surface area contributed by atoms with E-state index in [-0.39, 0.29) is 13.2 Å². The molecule has 0 N–H and O–H groups in total. The van der Waals surface area contributed by atoms with Gasteiger partial charge in [0, 0.05) is 5.25 Å². The van der Waals surface area contributed by atoms with Crippen molar-refractivity contribution in [2.24, 2.45) is 0 Å². The molecule has 0 fully saturated rings. The Morgan fingerprint density at radius 3 is 2.33 bits per heavy atom. The van der Waals surface area contributed by atoms with Crippen LogP contribution < -0.4 is 0 Å². The zero-order valence-electron chi connectivity index (χ0n) is 12.3. The summed E-state index contributed by atoms with van der Waals surface area (Å²) in [5, 5.41) is 9.29. The molecule has 122 valence electrons. The zero-order valence-corrected chi connectivity index (χ0v) is 15.7. The van der Waals surface area contributed by atoms with E-state index in [0.29, 0.717) is 11.0 Å². The number of rotatable bonds is 11. The molecule has 0 bridgehead atoms. The van der Waals surface area contributed by atoms with Crippen molar-refractivity contribution in [3.8, 4) is 0 Å². The SMILES string of the molecule is CCOOP(=O)(OOCC)SCc1nnc(SC(C)C)s1. The van der Waals surface area contributed by atoms with Crippen LogP contribution in [0.2, 0.25) is 0 Å². The van der Waals surface area contributed by atoms with Crippen molar-refractivity contribution < 1.29 is 23.7 Å². The maximum absolute atomic E-state index is 12.3. The molecule has 7 nitrogen and oxygen atoms in total. The highest BCUT2D eigenvalue weighted by Gasteiger charge is 2.30. The lowest BCUT2D eigenvalue weighted by molar-refractivity contribution is -0.257. The molecular weight excluding hydrogens is 355 g/mol. The van der Waals surface area contributed by atoms with Gasteiger partial charge in [-0.15, -0.1) is 19.5 Å². The standard InChI is InChI=1S/C10H19N2O5PS3/c1-5-14-16-18(13,17-15-6-2)19-7-9-11-12-10(21-9)20-8(3)4/h8H,5-7H2,1-4H3. The van der Waals surface area contributed by atoms with Crippen molar-refractivity contribution in [3.63, 3.8) is 0 Å². The van der Waals surface area contributed by atoms with Gasteiger partial charge in [-0.3, -0.25) is 0 Å². The second kappa shape index (κ2) is 10.2. The predicted molar refractivity (Wildman–Crippen MR) is 85.2 cm³/mol. The minimum absolute atomic E-state index is 0.258. The van der Waals surface area contributed by atoms with Gasteiger partial charge in [0.15, 0.2) is 4.34 Å². The summed E-state index contributed by atoms with van der Waals surface area (Å²) < 4.78 is 22.8. The van der Waals surface area contributed by atoms with E-state index in [9.17, 15) is 4.57 Å². The minimum Gasteiger partial charge on any atom is -0.242 e. The number of aromatic nitrogens is 2. The quantitative estimate of drug-likeness (QED) is 0.243. The lowest BCUT2D eigenvalue weighted by atomic mass is 10.6. The Balaban J connectivity index is 2.55. The highest BCUT2D eigenvalue weighted by atomic mass is 32.7. The van der Waals surface area contributed by atoms with E-state index in [1.54, 1.807) is 25.6 Å². The summed E-state index contributed by atoms with van der Waals surface area (Å²) in [6.45, 7) is 4.59. The maximum Gasteiger partial charge on any atom is 0.443 e. The van der Waals surface area contributed by atoms with Crippen LogP contribution in [0.5, 0.6) is 0 Å². The van der Waals surface area contributed by atoms with Crippen LogP contribution in [0.1, 0.15) is 32.7 Å². The van der Waals surface area contributed by atoms with Gasteiger partial charge in [0.1, 0.15) is 5.01 Å². The van der Waals surface area contributed by atoms with E-state index in [2.05, 4.69) is 24.0 Å². The molecule has 11 heteroatoms. The van der Waals surface area contributed by atoms with Gasteiger partial charge in [0.25, 0.3) is 0 Å². The second-order valence-corrected chi connectivity index (χ2v) is 10.6. The summed E-state index contributed by atoms with van der Waals surface area (Å²) in [6.07, 6.45) is 0. The van der Waals surface area contributed by atoms with Gasteiger partial charge in [-0.2, -0.15) is 0 Å². The summed E-state index contributed by atoms with van der Waals surface area (Å²) in [7, 11) is 0. The van der Waals surface area contributed by atoms with E-state index in [4.69, 9.17) is 19.1 Å². The maximum atomic E-state index is 12.3. The fraction of sp³-hybridized carbons (Fsp3) is 0.800. The molecule has 0 radical (unpaired) electrons. The summed E-state index contributed by atoms with van der Waals surface area (Å²) in [6, 6.07) is 0. The Morgan fingerprint density at radius 1 is 1.19 bits per heavy atom. The lowest BCUT2D eigenvalue weighted by Gasteiger charge is -2.13. The van der Waals surface area contributed by atoms with Crippen molar-refractivity contribution in [2.75, 3.05) is 13.2 Å². The van der Waals surface area contributed by atoms with Crippen molar-refractivity contribution >= 4 is 41.3 Å². The van der Waals surface area contributed by atoms with E-state index in [1.165, 1.54) is 11.3 Å². The molecular formula is C10H19N2O5PS3. The van der Waals surface area contributed by atoms with Crippen LogP contribution in [-0.4, -0.2) is 28.7 Å². The fourth-order valence-electron chi connectivity index (χ4n) is 0.970. The third-order valence-electron chi connectivity index (χ3n) is 1.65. The Hall–Kier alpha value is 0.330. The van der Waals surface area contributed by atoms with Gasteiger partial charge < -0.3 is 0 Å². The smallest absolute Gasteiger partial charge is 0.242 e. The molecule has 0 atom stereocenters. The molecule has 1 heterocycles. The molecule has 1 rings (SSSR count). The minimum atomic E-state index is -3.53. The third kappa shape index (κ3) is 7.94. The first kappa shape index (κ1) is 19.4. The van der Waals surface area contributed by atoms with Crippen molar-refractivity contribution in [3.05, 3.63) is 5.01 Å². The van der Waals surface area contributed by atoms with Gasteiger partial charge in [-0.1, -0.05) is 36.9 Å². The normalized spacial score (nSPS) is 12.2. The summed E-state index contributed by atoms with van der Waals surface area (Å²) >= 11 is 4.04. The largest absolute Gasteiger partial charge is 0.443 e. The second-order valence-electron chi connectivity index (χ2n) is 3.81. The molecule has 21 heavy (non-hydrogen) atoms. The van der Waals surface area contributed by atoms with Crippen LogP contribution >= 0.6 is 41.3 Å². The average Bonchev–Trinajstić information content (AvgIpc) is 2.88. The van der Waals surface area contributed by atoms with Crippen LogP contribution in [0.15, 0.2) is 4.34 Å². The average molecular weight is 374 g/mol. The first-order valence-corrected chi connectivity index (χ1v) is 11.2. The van der Waals surface area contributed by atoms with E-state index in [1.807, 2.05) is 0 Å². The Bertz CT molecular complexity index is 448. The van der Waals surface area contributed by atoms with Crippen LogP contribution in [0.4, 0.5) is 0 Å². The molecule has 0 saturated heterocycles. The van der Waals surface area contributed by atoms with E-state index in [0.717, 1.165) is 20.7 Å². The van der Waals surface area contributed by atoms with Gasteiger partial charge in [-0.05, 0) is 25.2 Å². The molecule has 0 aliphatic carbocycles. The fourth-order valence-corrected chi connectivity index (χ4v) is 5.82. The highest BCUT2D eigenvalue weighted by molar-refractivity contribution is 8.54. The highest BCUT2D eigenvalue weighted by Crippen LogP contribution is 2.62. The molecule has 0 aliphatic rings. The van der Waals surface area contributed by atoms with Crippen LogP contribution in [-0.2, 0) is 29.4 Å². The molecule has 0 saturated carbocycles. The molecule has 1 aromatic heterocycles. The van der Waals surface area contributed by atoms with E-state index >= 15 is 0 Å². The van der Waals surface area contributed by atoms with Gasteiger partial charge in [0.2, 0.25) is 0 Å². The molecule has 0 spiro atoms. The summed E-state index contributed by atoms with van der Waals surface area (Å²) in [4.78, 5) is 9.43. The number of hydrogen-bond acceptors (Lipinski definition) is 10. The number of thioether (sulfide) groups is 1. The molecule has 0 unspecified atom stereocenters. The molecule has 0 aliphatic heterocycles. The number of nitrogens with zero attached hydrogens (tertiary/aromatic N) is 2. The molecule has 1 aromatic rings. The first-order chi connectivity index (χ1) is 9.99. The van der Waals surface area contributed by atoms with Crippen LogP contribution in [0, 0.1) is 0 Å². The predicted octanol–water partition coefficient (Wildman–Crippen LogP) is 4.32. The summed E-state index contributed by atoms with van der Waals surface area (Å²) in [5.74, 6) is 0.341. The Kier molecular flexibility index (Phi) is 9.38. The van der Waals surface area contributed by atoms with Crippen LogP contribution in [0.3, 0.4) is 0 Å². The topological polar surface area (TPSA) is 79.8 Å². The van der Waals surface area contributed by atoms with Gasteiger partial charge in [0.05, 0.1) is 19.0 Å². The summed E-state index contributed by atoms with van der Waals surface area (Å²) in [5.41, 5.74) is 0. The van der Waals surface area contributed by atoms with Crippen molar-refractivity contribution in [1.29, 1.82) is 0 Å². The Morgan fingerprint density at radius 2 is 1.81 bits per heavy atom. The lowest BCUT2D eigenvalue weighted by Crippen LogP contribution is -1.97. The first-order valence-electron chi connectivity index (χ1n) is 6.35. The molecule has 0 amide bonds. The zero-order chi connectivity index (χ0) is 15.7. The van der Waals surface area contributed by atoms with Gasteiger partial charge in [-0.25, -0.2) is 14.3 Å². The van der Waals surface area contributed by atoms with Crippen molar-refractivity contribution in [2.45, 2.75) is 43.0 Å². The van der Waals surface area contributed by atoms with E-state index < -0.39 is 6.80 Å². The Labute approximate surface area is 136 Å². The third-order valence-corrected chi connectivity index (χ3v) is 6.84. The number of hydrogen-bond donors (Lipinski definition) is 0.